The van der Waals surface area contributed by atoms with E-state index in [1.165, 1.54) is 0 Å². The van der Waals surface area contributed by atoms with E-state index in [9.17, 15) is 4.79 Å². The standard InChI is InChI=1S/C21H17N7O3/c1-27-11-22-9-14(27)19-25-26-20(31-19)21(29)28-7-6-13-17(24-10-23-13)18(28)16-8-12-4-2-3-5-15(12)30-16/h2-5,8-11,18H,6-7H2,1H3,(H,23,24)/t18-/m1/s1. The topological polar surface area (TPSA) is 119 Å². The largest absolute Gasteiger partial charge is 0.458 e. The number of hydrogen-bond acceptors (Lipinski definition) is 7. The van der Waals surface area contributed by atoms with Crippen LogP contribution in [0.2, 0.25) is 0 Å². The molecule has 31 heavy (non-hydrogen) atoms. The molecule has 6 rings (SSSR count). The monoisotopic (exact) mass is 415 g/mol. The molecule has 1 aliphatic heterocycles. The Labute approximate surface area is 175 Å². The van der Waals surface area contributed by atoms with Crippen molar-refractivity contribution >= 4 is 16.9 Å². The molecule has 4 aromatic heterocycles. The number of benzene rings is 1. The molecular formula is C21H17N7O3. The number of amides is 1. The zero-order valence-electron chi connectivity index (χ0n) is 16.5. The molecule has 5 heterocycles. The van der Waals surface area contributed by atoms with Gasteiger partial charge >= 0.3 is 11.8 Å². The minimum Gasteiger partial charge on any atom is -0.458 e. The highest BCUT2D eigenvalue weighted by Crippen LogP contribution is 2.37. The number of hydrogen-bond donors (Lipinski definition) is 1. The smallest absolute Gasteiger partial charge is 0.312 e. The summed E-state index contributed by atoms with van der Waals surface area (Å²) in [5.41, 5.74) is 3.12. The number of para-hydroxylation sites is 1. The van der Waals surface area contributed by atoms with E-state index in [1.807, 2.05) is 37.4 Å². The van der Waals surface area contributed by atoms with E-state index >= 15 is 0 Å². The van der Waals surface area contributed by atoms with Crippen molar-refractivity contribution in [3.63, 3.8) is 0 Å². The van der Waals surface area contributed by atoms with Crippen LogP contribution in [-0.2, 0) is 13.5 Å². The van der Waals surface area contributed by atoms with Gasteiger partial charge in [0.25, 0.3) is 5.89 Å². The Morgan fingerprint density at radius 2 is 2.13 bits per heavy atom. The third kappa shape index (κ3) is 2.75. The fourth-order valence-corrected chi connectivity index (χ4v) is 4.02. The number of aromatic amines is 1. The molecule has 1 aliphatic rings. The predicted molar refractivity (Wildman–Crippen MR) is 108 cm³/mol. The third-order valence-corrected chi connectivity index (χ3v) is 5.54. The van der Waals surface area contributed by atoms with Gasteiger partial charge in [0.15, 0.2) is 0 Å². The Hall–Kier alpha value is -4.21. The lowest BCUT2D eigenvalue weighted by atomic mass is 10.00. The Kier molecular flexibility index (Phi) is 3.79. The molecular weight excluding hydrogens is 398 g/mol. The first-order chi connectivity index (χ1) is 15.2. The van der Waals surface area contributed by atoms with Crippen molar-refractivity contribution in [2.24, 2.45) is 7.05 Å². The van der Waals surface area contributed by atoms with Gasteiger partial charge in [-0.3, -0.25) is 4.79 Å². The van der Waals surface area contributed by atoms with Crippen molar-refractivity contribution in [1.82, 2.24) is 34.6 Å². The minimum atomic E-state index is -0.498. The van der Waals surface area contributed by atoms with Crippen molar-refractivity contribution in [1.29, 1.82) is 0 Å². The molecule has 1 atom stereocenters. The summed E-state index contributed by atoms with van der Waals surface area (Å²) in [5, 5.41) is 8.99. The van der Waals surface area contributed by atoms with E-state index in [-0.39, 0.29) is 17.7 Å². The Morgan fingerprint density at radius 3 is 2.97 bits per heavy atom. The lowest BCUT2D eigenvalue weighted by molar-refractivity contribution is 0.0632. The zero-order chi connectivity index (χ0) is 20.9. The van der Waals surface area contributed by atoms with E-state index in [0.717, 1.165) is 22.4 Å². The maximum absolute atomic E-state index is 13.4. The summed E-state index contributed by atoms with van der Waals surface area (Å²) in [6.45, 7) is 0.458. The number of H-pyrrole nitrogens is 1. The molecule has 0 saturated heterocycles. The molecule has 0 saturated carbocycles. The first-order valence-electron chi connectivity index (χ1n) is 9.81. The molecule has 0 spiro atoms. The summed E-state index contributed by atoms with van der Waals surface area (Å²) in [5.74, 6) is 0.409. The molecule has 5 aromatic rings. The van der Waals surface area contributed by atoms with E-state index < -0.39 is 6.04 Å². The van der Waals surface area contributed by atoms with Gasteiger partial charge in [0.05, 0.1) is 24.5 Å². The molecule has 0 radical (unpaired) electrons. The molecule has 10 nitrogen and oxygen atoms in total. The van der Waals surface area contributed by atoms with Gasteiger partial charge in [0.2, 0.25) is 0 Å². The summed E-state index contributed by atoms with van der Waals surface area (Å²) >= 11 is 0. The van der Waals surface area contributed by atoms with Gasteiger partial charge in [0.1, 0.15) is 23.1 Å². The molecule has 1 amide bonds. The number of aromatic nitrogens is 6. The number of imidazole rings is 2. The lowest BCUT2D eigenvalue weighted by Crippen LogP contribution is -2.40. The van der Waals surface area contributed by atoms with E-state index in [4.69, 9.17) is 8.83 Å². The van der Waals surface area contributed by atoms with Crippen LogP contribution in [0.3, 0.4) is 0 Å². The van der Waals surface area contributed by atoms with Gasteiger partial charge in [-0.1, -0.05) is 18.2 Å². The molecule has 154 valence electrons. The molecule has 1 N–H and O–H groups in total. The number of aryl methyl sites for hydroxylation is 1. The molecule has 0 unspecified atom stereocenters. The summed E-state index contributed by atoms with van der Waals surface area (Å²) < 4.78 is 13.6. The number of fused-ring (bicyclic) bond motifs is 2. The van der Waals surface area contributed by atoms with Gasteiger partial charge in [0, 0.05) is 31.1 Å². The lowest BCUT2D eigenvalue weighted by Gasteiger charge is -2.32. The molecule has 10 heteroatoms. The van der Waals surface area contributed by atoms with Gasteiger partial charge in [-0.15, -0.1) is 10.2 Å². The van der Waals surface area contributed by atoms with Crippen molar-refractivity contribution in [2.75, 3.05) is 6.54 Å². The molecule has 0 aliphatic carbocycles. The van der Waals surface area contributed by atoms with Crippen molar-refractivity contribution in [3.05, 3.63) is 72.2 Å². The van der Waals surface area contributed by atoms with E-state index in [0.29, 0.717) is 24.4 Å². The highest BCUT2D eigenvalue weighted by molar-refractivity contribution is 5.90. The Balaban J connectivity index is 1.41. The maximum atomic E-state index is 13.4. The first-order valence-corrected chi connectivity index (χ1v) is 9.81. The van der Waals surface area contributed by atoms with Crippen molar-refractivity contribution in [2.45, 2.75) is 12.5 Å². The van der Waals surface area contributed by atoms with E-state index in [2.05, 4.69) is 25.1 Å². The van der Waals surface area contributed by atoms with Crippen molar-refractivity contribution in [3.8, 4) is 11.6 Å². The van der Waals surface area contributed by atoms with Crippen LogP contribution < -0.4 is 0 Å². The summed E-state index contributed by atoms with van der Waals surface area (Å²) in [6.07, 6.45) is 5.51. The number of nitrogens with one attached hydrogen (secondary N) is 1. The first kappa shape index (κ1) is 17.6. The average molecular weight is 415 g/mol. The van der Waals surface area contributed by atoms with Crippen LogP contribution in [0.1, 0.15) is 33.9 Å². The van der Waals surface area contributed by atoms with Crippen LogP contribution in [0.5, 0.6) is 0 Å². The second kappa shape index (κ2) is 6.66. The highest BCUT2D eigenvalue weighted by Gasteiger charge is 2.38. The number of rotatable bonds is 3. The third-order valence-electron chi connectivity index (χ3n) is 5.54. The molecule has 0 fully saturated rings. The second-order valence-electron chi connectivity index (χ2n) is 7.41. The minimum absolute atomic E-state index is 0.0868. The fraction of sp³-hybridized carbons (Fsp3) is 0.190. The van der Waals surface area contributed by atoms with Crippen LogP contribution in [-0.4, -0.2) is 47.1 Å². The highest BCUT2D eigenvalue weighted by atomic mass is 16.4. The van der Waals surface area contributed by atoms with Crippen molar-refractivity contribution < 1.29 is 13.6 Å². The number of carbonyl (C=O) groups is 1. The Morgan fingerprint density at radius 1 is 1.23 bits per heavy atom. The fourth-order valence-electron chi connectivity index (χ4n) is 4.02. The normalized spacial score (nSPS) is 16.0. The summed E-state index contributed by atoms with van der Waals surface area (Å²) in [4.78, 5) is 26.8. The average Bonchev–Trinajstić information content (AvgIpc) is 3.57. The van der Waals surface area contributed by atoms with Gasteiger partial charge in [-0.2, -0.15) is 0 Å². The zero-order valence-corrected chi connectivity index (χ0v) is 16.5. The van der Waals surface area contributed by atoms with Gasteiger partial charge < -0.3 is 23.3 Å². The maximum Gasteiger partial charge on any atom is 0.312 e. The summed E-state index contributed by atoms with van der Waals surface area (Å²) in [6, 6.07) is 9.18. The SMILES string of the molecule is Cn1cncc1-c1nnc(C(=O)N2CCc3[nH]cnc3[C@H]2c2cc3ccccc3o2)o1. The van der Waals surface area contributed by atoms with Crippen LogP contribution in [0.4, 0.5) is 0 Å². The number of carbonyl (C=O) groups excluding carboxylic acids is 1. The van der Waals surface area contributed by atoms with Crippen LogP contribution >= 0.6 is 0 Å². The summed E-state index contributed by atoms with van der Waals surface area (Å²) in [7, 11) is 1.81. The van der Waals surface area contributed by atoms with Crippen LogP contribution in [0, 0.1) is 0 Å². The van der Waals surface area contributed by atoms with Crippen LogP contribution in [0.25, 0.3) is 22.6 Å². The molecule has 0 bridgehead atoms. The number of nitrogens with zero attached hydrogens (tertiary/aromatic N) is 6. The quantitative estimate of drug-likeness (QED) is 0.481. The van der Waals surface area contributed by atoms with Gasteiger partial charge in [-0.05, 0) is 12.1 Å². The van der Waals surface area contributed by atoms with E-state index in [1.54, 1.807) is 28.3 Å². The van der Waals surface area contributed by atoms with Gasteiger partial charge in [-0.25, -0.2) is 9.97 Å². The number of furan rings is 1. The Bertz CT molecular complexity index is 1380. The van der Waals surface area contributed by atoms with Crippen LogP contribution in [0.15, 0.2) is 58.0 Å². The predicted octanol–water partition coefficient (Wildman–Crippen LogP) is 2.73. The second-order valence-corrected chi connectivity index (χ2v) is 7.41. The molecule has 1 aromatic carbocycles.